The number of nitrogens with zero attached hydrogens (tertiary/aromatic N) is 1. The summed E-state index contributed by atoms with van der Waals surface area (Å²) in [5.41, 5.74) is 3.46. The maximum atomic E-state index is 11.4. The summed E-state index contributed by atoms with van der Waals surface area (Å²) in [6.45, 7) is 4.99. The molecule has 0 aromatic heterocycles. The van der Waals surface area contributed by atoms with Crippen LogP contribution in [-0.2, 0) is 4.79 Å². The lowest BCUT2D eigenvalue weighted by Gasteiger charge is -2.05. The maximum absolute atomic E-state index is 11.4. The van der Waals surface area contributed by atoms with Crippen LogP contribution in [0.5, 0.6) is 5.75 Å². The topological polar surface area (TPSA) is 50.7 Å². The highest BCUT2D eigenvalue weighted by molar-refractivity contribution is 5.82. The molecule has 0 spiro atoms. The first kappa shape index (κ1) is 17.2. The molecule has 0 atom stereocenters. The Labute approximate surface area is 127 Å². The van der Waals surface area contributed by atoms with E-state index in [0.717, 1.165) is 37.2 Å². The van der Waals surface area contributed by atoms with E-state index in [1.807, 2.05) is 24.3 Å². The maximum Gasteiger partial charge on any atom is 0.240 e. The summed E-state index contributed by atoms with van der Waals surface area (Å²) in [4.78, 5) is 11.4. The molecule has 0 saturated carbocycles. The van der Waals surface area contributed by atoms with Crippen molar-refractivity contribution in [2.24, 2.45) is 5.10 Å². The normalized spacial score (nSPS) is 10.8. The molecule has 116 valence electrons. The lowest BCUT2D eigenvalue weighted by Crippen LogP contribution is -2.16. The molecule has 0 fully saturated rings. The average Bonchev–Trinajstić information content (AvgIpc) is 2.51. The zero-order chi connectivity index (χ0) is 15.3. The zero-order valence-electron chi connectivity index (χ0n) is 13.1. The molecule has 0 saturated heterocycles. The van der Waals surface area contributed by atoms with E-state index >= 15 is 0 Å². The first-order chi connectivity index (χ1) is 10.3. The summed E-state index contributed by atoms with van der Waals surface area (Å²) in [5.74, 6) is 0.833. The third kappa shape index (κ3) is 8.12. The van der Waals surface area contributed by atoms with Crippen LogP contribution in [0, 0.1) is 0 Å². The summed E-state index contributed by atoms with van der Waals surface area (Å²) in [7, 11) is 0. The Kier molecular flexibility index (Phi) is 8.93. The molecule has 1 amide bonds. The van der Waals surface area contributed by atoms with Gasteiger partial charge in [-0.3, -0.25) is 4.79 Å². The Morgan fingerprint density at radius 3 is 2.52 bits per heavy atom. The monoisotopic (exact) mass is 290 g/mol. The summed E-state index contributed by atoms with van der Waals surface area (Å²) < 4.78 is 5.64. The lowest BCUT2D eigenvalue weighted by atomic mass is 10.2. The van der Waals surface area contributed by atoms with Gasteiger partial charge in [-0.25, -0.2) is 5.43 Å². The molecule has 0 unspecified atom stereocenters. The lowest BCUT2D eigenvalue weighted by molar-refractivity contribution is -0.121. The van der Waals surface area contributed by atoms with Crippen LogP contribution in [0.1, 0.15) is 57.9 Å². The van der Waals surface area contributed by atoms with Crippen LogP contribution >= 0.6 is 0 Å². The van der Waals surface area contributed by atoms with Crippen LogP contribution in [0.25, 0.3) is 0 Å². The van der Waals surface area contributed by atoms with Gasteiger partial charge in [-0.1, -0.05) is 33.1 Å². The number of benzene rings is 1. The molecule has 4 nitrogen and oxygen atoms in total. The van der Waals surface area contributed by atoms with Crippen LogP contribution in [0.2, 0.25) is 0 Å². The molecule has 1 aromatic rings. The van der Waals surface area contributed by atoms with Gasteiger partial charge in [0, 0.05) is 6.42 Å². The fraction of sp³-hybridized carbons (Fsp3) is 0.529. The number of nitrogens with one attached hydrogen (secondary N) is 1. The predicted molar refractivity (Wildman–Crippen MR) is 86.7 cm³/mol. The average molecular weight is 290 g/mol. The van der Waals surface area contributed by atoms with Crippen molar-refractivity contribution in [2.75, 3.05) is 6.61 Å². The minimum atomic E-state index is -0.0380. The number of carbonyl (C=O) groups is 1. The SMILES string of the molecule is CCCCCOc1ccc(/C=N/NC(=O)CCCC)cc1. The predicted octanol–water partition coefficient (Wildman–Crippen LogP) is 3.90. The van der Waals surface area contributed by atoms with Gasteiger partial charge in [0.25, 0.3) is 0 Å². The summed E-state index contributed by atoms with van der Waals surface area (Å²) in [5, 5.41) is 3.95. The van der Waals surface area contributed by atoms with Crippen molar-refractivity contribution < 1.29 is 9.53 Å². The molecular weight excluding hydrogens is 264 g/mol. The van der Waals surface area contributed by atoms with Crippen LogP contribution in [0.3, 0.4) is 0 Å². The minimum Gasteiger partial charge on any atom is -0.494 e. The molecule has 0 bridgehead atoms. The van der Waals surface area contributed by atoms with Crippen LogP contribution in [0.15, 0.2) is 29.4 Å². The minimum absolute atomic E-state index is 0.0380. The standard InChI is InChI=1S/C17H26N2O2/c1-3-5-7-13-21-16-11-9-15(10-12-16)14-18-19-17(20)8-6-4-2/h9-12,14H,3-8,13H2,1-2H3,(H,19,20)/b18-14+. The van der Waals surface area contributed by atoms with E-state index in [1.165, 1.54) is 12.8 Å². The van der Waals surface area contributed by atoms with Crippen molar-refractivity contribution in [3.05, 3.63) is 29.8 Å². The molecule has 0 aliphatic rings. The first-order valence-corrected chi connectivity index (χ1v) is 7.81. The zero-order valence-corrected chi connectivity index (χ0v) is 13.1. The van der Waals surface area contributed by atoms with E-state index < -0.39 is 0 Å². The van der Waals surface area contributed by atoms with Crippen molar-refractivity contribution >= 4 is 12.1 Å². The Morgan fingerprint density at radius 2 is 1.86 bits per heavy atom. The summed E-state index contributed by atoms with van der Waals surface area (Å²) in [6.07, 6.45) is 7.56. The van der Waals surface area contributed by atoms with Crippen molar-refractivity contribution in [2.45, 2.75) is 52.4 Å². The smallest absolute Gasteiger partial charge is 0.240 e. The largest absolute Gasteiger partial charge is 0.494 e. The Morgan fingerprint density at radius 1 is 1.14 bits per heavy atom. The number of hydrazone groups is 1. The fourth-order valence-corrected chi connectivity index (χ4v) is 1.76. The van der Waals surface area contributed by atoms with Crippen LogP contribution in [-0.4, -0.2) is 18.7 Å². The molecule has 1 N–H and O–H groups in total. The fourth-order valence-electron chi connectivity index (χ4n) is 1.76. The van der Waals surface area contributed by atoms with E-state index in [1.54, 1.807) is 6.21 Å². The number of hydrogen-bond acceptors (Lipinski definition) is 3. The van der Waals surface area contributed by atoms with E-state index in [-0.39, 0.29) is 5.91 Å². The number of rotatable bonds is 10. The van der Waals surface area contributed by atoms with E-state index in [2.05, 4.69) is 24.4 Å². The second-order valence-electron chi connectivity index (χ2n) is 5.02. The summed E-state index contributed by atoms with van der Waals surface area (Å²) >= 11 is 0. The van der Waals surface area contributed by atoms with Gasteiger partial charge in [-0.2, -0.15) is 5.10 Å². The van der Waals surface area contributed by atoms with Gasteiger partial charge in [0.15, 0.2) is 0 Å². The molecule has 4 heteroatoms. The number of unbranched alkanes of at least 4 members (excludes halogenated alkanes) is 3. The van der Waals surface area contributed by atoms with Crippen molar-refractivity contribution in [1.29, 1.82) is 0 Å². The Bertz CT molecular complexity index is 427. The van der Waals surface area contributed by atoms with E-state index in [0.29, 0.717) is 6.42 Å². The van der Waals surface area contributed by atoms with Crippen molar-refractivity contribution in [1.82, 2.24) is 5.43 Å². The highest BCUT2D eigenvalue weighted by Gasteiger charge is 1.97. The highest BCUT2D eigenvalue weighted by Crippen LogP contribution is 2.11. The molecule has 0 heterocycles. The van der Waals surface area contributed by atoms with Gasteiger partial charge in [-0.05, 0) is 42.7 Å². The van der Waals surface area contributed by atoms with Gasteiger partial charge in [0.1, 0.15) is 5.75 Å². The second kappa shape index (κ2) is 10.9. The molecule has 21 heavy (non-hydrogen) atoms. The highest BCUT2D eigenvalue weighted by atomic mass is 16.5. The number of hydrogen-bond donors (Lipinski definition) is 1. The van der Waals surface area contributed by atoms with Crippen LogP contribution in [0.4, 0.5) is 0 Å². The Balaban J connectivity index is 2.31. The first-order valence-electron chi connectivity index (χ1n) is 7.81. The number of ether oxygens (including phenoxy) is 1. The van der Waals surface area contributed by atoms with Gasteiger partial charge in [-0.15, -0.1) is 0 Å². The van der Waals surface area contributed by atoms with Gasteiger partial charge in [0.05, 0.1) is 12.8 Å². The quantitative estimate of drug-likeness (QED) is 0.404. The van der Waals surface area contributed by atoms with E-state index in [9.17, 15) is 4.79 Å². The molecule has 0 radical (unpaired) electrons. The third-order valence-corrected chi connectivity index (χ3v) is 3.06. The number of carbonyl (C=O) groups excluding carboxylic acids is 1. The molecule has 0 aliphatic carbocycles. The molecule has 1 rings (SSSR count). The molecule has 0 aliphatic heterocycles. The van der Waals surface area contributed by atoms with Gasteiger partial charge in [0.2, 0.25) is 5.91 Å². The van der Waals surface area contributed by atoms with E-state index in [4.69, 9.17) is 4.74 Å². The van der Waals surface area contributed by atoms with Crippen LogP contribution < -0.4 is 10.2 Å². The Hall–Kier alpha value is -1.84. The van der Waals surface area contributed by atoms with Gasteiger partial charge >= 0.3 is 0 Å². The number of amides is 1. The molecule has 1 aromatic carbocycles. The van der Waals surface area contributed by atoms with Crippen molar-refractivity contribution in [3.8, 4) is 5.75 Å². The second-order valence-corrected chi connectivity index (χ2v) is 5.02. The summed E-state index contributed by atoms with van der Waals surface area (Å²) in [6, 6.07) is 7.70. The third-order valence-electron chi connectivity index (χ3n) is 3.06. The molecular formula is C17H26N2O2. The van der Waals surface area contributed by atoms with Crippen molar-refractivity contribution in [3.63, 3.8) is 0 Å². The van der Waals surface area contributed by atoms with Gasteiger partial charge < -0.3 is 4.74 Å².